The first-order valence-corrected chi connectivity index (χ1v) is 17.0. The van der Waals surface area contributed by atoms with Crippen molar-refractivity contribution in [2.75, 3.05) is 32.3 Å². The van der Waals surface area contributed by atoms with E-state index < -0.39 is 39.1 Å². The molecular formula is C26H35N5O8S2. The minimum Gasteiger partial charge on any atom is -0.491 e. The van der Waals surface area contributed by atoms with Crippen LogP contribution in [-0.4, -0.2) is 79.1 Å². The van der Waals surface area contributed by atoms with E-state index in [-0.39, 0.29) is 12.0 Å². The summed E-state index contributed by atoms with van der Waals surface area (Å²) in [6, 6.07) is 5.34. The summed E-state index contributed by atoms with van der Waals surface area (Å²) in [6.45, 7) is 6.04. The summed E-state index contributed by atoms with van der Waals surface area (Å²) in [5.74, 6) is 3.15. The van der Waals surface area contributed by atoms with Gasteiger partial charge in [-0.1, -0.05) is 12.8 Å². The molecule has 2 aliphatic rings. The van der Waals surface area contributed by atoms with Crippen molar-refractivity contribution in [2.24, 2.45) is 5.92 Å². The average Bonchev–Trinajstić information content (AvgIpc) is 3.49. The summed E-state index contributed by atoms with van der Waals surface area (Å²) >= 11 is 0. The predicted molar refractivity (Wildman–Crippen MR) is 150 cm³/mol. The Kier molecular flexibility index (Phi) is 7.91. The zero-order chi connectivity index (χ0) is 29.6. The molecule has 41 heavy (non-hydrogen) atoms. The molecule has 1 saturated carbocycles. The molecule has 13 nitrogen and oxygen atoms in total. The smallest absolute Gasteiger partial charge is 0.264 e. The fourth-order valence-electron chi connectivity index (χ4n) is 4.79. The van der Waals surface area contributed by atoms with E-state index in [1.54, 1.807) is 12.1 Å². The first-order valence-electron chi connectivity index (χ1n) is 13.4. The Morgan fingerprint density at radius 1 is 1.05 bits per heavy atom. The SMILES string of the molecule is Cc1nc(-c2cn3c(n2)-c2ccc(OC(COS(C)(=O)=O)(COS(C)(=O)=O)CC4CC4)cc2OCC3)n(C(C)C)n1. The van der Waals surface area contributed by atoms with Gasteiger partial charge in [-0.2, -0.15) is 21.9 Å². The minimum absolute atomic E-state index is 0.109. The van der Waals surface area contributed by atoms with Crippen LogP contribution >= 0.6 is 0 Å². The number of aromatic nitrogens is 5. The van der Waals surface area contributed by atoms with E-state index in [1.165, 1.54) is 0 Å². The maximum absolute atomic E-state index is 11.9. The highest BCUT2D eigenvalue weighted by molar-refractivity contribution is 7.86. The highest BCUT2D eigenvalue weighted by Gasteiger charge is 2.42. The van der Waals surface area contributed by atoms with Crippen LogP contribution in [0.4, 0.5) is 0 Å². The van der Waals surface area contributed by atoms with Crippen molar-refractivity contribution < 1.29 is 34.7 Å². The number of fused-ring (bicyclic) bond motifs is 3. The Balaban J connectivity index is 1.48. The largest absolute Gasteiger partial charge is 0.491 e. The van der Waals surface area contributed by atoms with Gasteiger partial charge in [-0.25, -0.2) is 14.6 Å². The van der Waals surface area contributed by atoms with E-state index in [9.17, 15) is 16.8 Å². The van der Waals surface area contributed by atoms with Gasteiger partial charge < -0.3 is 14.0 Å². The van der Waals surface area contributed by atoms with Crippen LogP contribution in [0.5, 0.6) is 11.5 Å². The van der Waals surface area contributed by atoms with Crippen molar-refractivity contribution in [3.8, 4) is 34.4 Å². The van der Waals surface area contributed by atoms with Gasteiger partial charge in [0.2, 0.25) is 0 Å². The minimum atomic E-state index is -3.83. The maximum Gasteiger partial charge on any atom is 0.264 e. The van der Waals surface area contributed by atoms with Crippen molar-refractivity contribution in [2.45, 2.75) is 58.2 Å². The lowest BCUT2D eigenvalue weighted by Gasteiger charge is -2.33. The Hall–Kier alpha value is -3.01. The topological polar surface area (TPSA) is 154 Å². The first kappa shape index (κ1) is 29.5. The zero-order valence-corrected chi connectivity index (χ0v) is 25.4. The number of benzene rings is 1. The molecule has 1 aliphatic heterocycles. The van der Waals surface area contributed by atoms with Gasteiger partial charge in [0.1, 0.15) is 48.7 Å². The van der Waals surface area contributed by atoms with Crippen LogP contribution in [0.25, 0.3) is 22.9 Å². The molecule has 3 heterocycles. The Bertz CT molecular complexity index is 1610. The monoisotopic (exact) mass is 609 g/mol. The summed E-state index contributed by atoms with van der Waals surface area (Å²) < 4.78 is 74.0. The van der Waals surface area contributed by atoms with Crippen LogP contribution in [-0.2, 0) is 35.1 Å². The van der Waals surface area contributed by atoms with Gasteiger partial charge in [0.15, 0.2) is 11.4 Å². The molecule has 1 aromatic carbocycles. The van der Waals surface area contributed by atoms with Gasteiger partial charge in [-0.3, -0.25) is 8.37 Å². The van der Waals surface area contributed by atoms with E-state index >= 15 is 0 Å². The third-order valence-electron chi connectivity index (χ3n) is 6.78. The van der Waals surface area contributed by atoms with Crippen molar-refractivity contribution in [1.29, 1.82) is 0 Å². The molecule has 0 bridgehead atoms. The summed E-state index contributed by atoms with van der Waals surface area (Å²) in [6.07, 6.45) is 6.01. The average molecular weight is 610 g/mol. The van der Waals surface area contributed by atoms with Crippen LogP contribution in [0, 0.1) is 12.8 Å². The number of ether oxygens (including phenoxy) is 2. The highest BCUT2D eigenvalue weighted by atomic mass is 32.2. The molecule has 2 aromatic heterocycles. The second kappa shape index (κ2) is 11.0. The lowest BCUT2D eigenvalue weighted by molar-refractivity contribution is -0.0248. The number of hydrogen-bond donors (Lipinski definition) is 0. The molecule has 3 aromatic rings. The molecule has 224 valence electrons. The fraction of sp³-hybridized carbons (Fsp3) is 0.577. The van der Waals surface area contributed by atoms with E-state index in [0.717, 1.165) is 30.9 Å². The molecule has 0 radical (unpaired) electrons. The van der Waals surface area contributed by atoms with Crippen LogP contribution in [0.3, 0.4) is 0 Å². The third kappa shape index (κ3) is 7.26. The second-order valence-electron chi connectivity index (χ2n) is 11.0. The van der Waals surface area contributed by atoms with Crippen LogP contribution < -0.4 is 9.47 Å². The van der Waals surface area contributed by atoms with E-state index in [1.807, 2.05) is 42.3 Å². The molecule has 0 spiro atoms. The zero-order valence-electron chi connectivity index (χ0n) is 23.7. The molecule has 15 heteroatoms. The van der Waals surface area contributed by atoms with Crippen molar-refractivity contribution in [3.05, 3.63) is 30.2 Å². The Morgan fingerprint density at radius 3 is 2.34 bits per heavy atom. The van der Waals surface area contributed by atoms with Gasteiger partial charge >= 0.3 is 0 Å². The molecule has 1 fully saturated rings. The van der Waals surface area contributed by atoms with Crippen LogP contribution in [0.1, 0.15) is 45.0 Å². The summed E-state index contributed by atoms with van der Waals surface area (Å²) in [7, 11) is -7.66. The number of imidazole rings is 1. The summed E-state index contributed by atoms with van der Waals surface area (Å²) in [5, 5.41) is 4.51. The van der Waals surface area contributed by atoms with Crippen LogP contribution in [0.2, 0.25) is 0 Å². The van der Waals surface area contributed by atoms with Crippen molar-refractivity contribution >= 4 is 20.2 Å². The summed E-state index contributed by atoms with van der Waals surface area (Å²) in [4.78, 5) is 9.48. The maximum atomic E-state index is 11.9. The van der Waals surface area contributed by atoms with Crippen molar-refractivity contribution in [3.63, 3.8) is 0 Å². The predicted octanol–water partition coefficient (Wildman–Crippen LogP) is 2.96. The number of rotatable bonds is 12. The lowest BCUT2D eigenvalue weighted by Crippen LogP contribution is -2.47. The first-order chi connectivity index (χ1) is 19.2. The van der Waals surface area contributed by atoms with Gasteiger partial charge in [0, 0.05) is 18.3 Å². The van der Waals surface area contributed by atoms with Gasteiger partial charge in [-0.15, -0.1) is 0 Å². The Morgan fingerprint density at radius 2 is 1.73 bits per heavy atom. The Labute approximate surface area is 240 Å². The molecule has 0 atom stereocenters. The molecule has 0 saturated heterocycles. The third-order valence-corrected chi connectivity index (χ3v) is 7.87. The standard InChI is InChI=1S/C26H35N5O8S2/c1-17(2)31-25(27-18(3)29-31)22-14-30-10-11-36-23-12-20(8-9-21(23)24(30)28-22)39-26(13-19-6-7-19,15-37-40(4,32)33)16-38-41(5,34)35/h8-9,12,14,17,19H,6-7,10-11,13,15-16H2,1-5H3. The summed E-state index contributed by atoms with van der Waals surface area (Å²) in [5.41, 5.74) is 0.0687. The second-order valence-corrected chi connectivity index (χ2v) is 14.3. The molecule has 0 N–H and O–H groups in total. The molecule has 0 unspecified atom stereocenters. The normalized spacial score (nSPS) is 15.8. The van der Waals surface area contributed by atoms with E-state index in [2.05, 4.69) is 10.1 Å². The molecule has 1 aliphatic carbocycles. The number of aryl methyl sites for hydroxylation is 1. The van der Waals surface area contributed by atoms with Gasteiger partial charge in [0.25, 0.3) is 20.2 Å². The number of hydrogen-bond acceptors (Lipinski definition) is 11. The molecule has 0 amide bonds. The van der Waals surface area contributed by atoms with Gasteiger partial charge in [-0.05, 0) is 45.2 Å². The lowest BCUT2D eigenvalue weighted by atomic mass is 9.98. The fourth-order valence-corrected chi connectivity index (χ4v) is 5.64. The highest BCUT2D eigenvalue weighted by Crippen LogP contribution is 2.41. The molecule has 5 rings (SSSR count). The van der Waals surface area contributed by atoms with E-state index in [0.29, 0.717) is 54.2 Å². The number of nitrogens with zero attached hydrogens (tertiary/aromatic N) is 5. The van der Waals surface area contributed by atoms with Gasteiger partial charge in [0.05, 0.1) is 24.6 Å². The molecular weight excluding hydrogens is 574 g/mol. The van der Waals surface area contributed by atoms with Crippen LogP contribution in [0.15, 0.2) is 24.4 Å². The van der Waals surface area contributed by atoms with Crippen molar-refractivity contribution in [1.82, 2.24) is 24.3 Å². The quantitative estimate of drug-likeness (QED) is 0.278. The van der Waals surface area contributed by atoms with E-state index in [4.69, 9.17) is 22.8 Å².